The number of aromatic nitrogens is 1. The number of carbonyl (C=O) groups is 2. The number of amides is 2. The fourth-order valence-electron chi connectivity index (χ4n) is 2.92. The fraction of sp³-hybridized carbons (Fsp3) is 0.174. The van der Waals surface area contributed by atoms with Gasteiger partial charge in [-0.1, -0.05) is 24.3 Å². The van der Waals surface area contributed by atoms with Crippen molar-refractivity contribution in [2.24, 2.45) is 0 Å². The van der Waals surface area contributed by atoms with Crippen molar-refractivity contribution in [3.63, 3.8) is 0 Å². The lowest BCUT2D eigenvalue weighted by Crippen LogP contribution is -2.26. The summed E-state index contributed by atoms with van der Waals surface area (Å²) < 4.78 is 5.59. The van der Waals surface area contributed by atoms with E-state index in [1.54, 1.807) is 36.7 Å². The minimum Gasteiger partial charge on any atom is -0.484 e. The highest BCUT2D eigenvalue weighted by molar-refractivity contribution is 6.04. The zero-order valence-corrected chi connectivity index (χ0v) is 16.4. The maximum absolute atomic E-state index is 12.6. The first-order valence-corrected chi connectivity index (χ1v) is 9.28. The molecule has 3 rings (SSSR count). The average Bonchev–Trinajstić information content (AvgIpc) is 2.71. The molecule has 0 aliphatic carbocycles. The SMILES string of the molecule is Cc1cc(C)cc(OCC(=O)Nc2ccccc2C(=O)NCc2cccnc2)c1. The molecule has 0 aliphatic heterocycles. The molecule has 0 atom stereocenters. The smallest absolute Gasteiger partial charge is 0.262 e. The number of carbonyl (C=O) groups excluding carboxylic acids is 2. The van der Waals surface area contributed by atoms with Gasteiger partial charge in [0.25, 0.3) is 11.8 Å². The van der Waals surface area contributed by atoms with E-state index in [1.165, 1.54) is 0 Å². The number of benzene rings is 2. The second-order valence-corrected chi connectivity index (χ2v) is 6.75. The molecule has 0 fully saturated rings. The summed E-state index contributed by atoms with van der Waals surface area (Å²) in [5.74, 6) is 0.0248. The van der Waals surface area contributed by atoms with Gasteiger partial charge in [-0.3, -0.25) is 14.6 Å². The summed E-state index contributed by atoms with van der Waals surface area (Å²) >= 11 is 0. The highest BCUT2D eigenvalue weighted by atomic mass is 16.5. The second kappa shape index (κ2) is 9.50. The van der Waals surface area contributed by atoms with E-state index < -0.39 is 0 Å². The van der Waals surface area contributed by atoms with Crippen molar-refractivity contribution in [1.82, 2.24) is 10.3 Å². The van der Waals surface area contributed by atoms with Gasteiger partial charge in [0, 0.05) is 18.9 Å². The molecule has 0 saturated carbocycles. The fourth-order valence-corrected chi connectivity index (χ4v) is 2.92. The van der Waals surface area contributed by atoms with E-state index in [9.17, 15) is 9.59 Å². The van der Waals surface area contributed by atoms with Gasteiger partial charge in [-0.15, -0.1) is 0 Å². The van der Waals surface area contributed by atoms with E-state index in [1.807, 2.05) is 44.2 Å². The third-order valence-electron chi connectivity index (χ3n) is 4.19. The molecule has 2 amide bonds. The Balaban J connectivity index is 1.60. The Labute approximate surface area is 169 Å². The molecule has 0 radical (unpaired) electrons. The number of pyridine rings is 1. The minimum absolute atomic E-state index is 0.144. The number of rotatable bonds is 7. The summed E-state index contributed by atoms with van der Waals surface area (Å²) in [6.45, 7) is 4.15. The lowest BCUT2D eigenvalue weighted by Gasteiger charge is -2.12. The van der Waals surface area contributed by atoms with Crippen LogP contribution in [-0.4, -0.2) is 23.4 Å². The normalized spacial score (nSPS) is 10.3. The van der Waals surface area contributed by atoms with Crippen molar-refractivity contribution in [3.05, 3.63) is 89.2 Å². The predicted molar refractivity (Wildman–Crippen MR) is 112 cm³/mol. The maximum atomic E-state index is 12.6. The summed E-state index contributed by atoms with van der Waals surface area (Å²) in [6, 6.07) is 16.3. The number of aryl methyl sites for hydroxylation is 2. The first kappa shape index (κ1) is 20.1. The molecule has 0 spiro atoms. The number of nitrogens with zero attached hydrogens (tertiary/aromatic N) is 1. The number of para-hydroxylation sites is 1. The number of hydrogen-bond donors (Lipinski definition) is 2. The quantitative estimate of drug-likeness (QED) is 0.646. The van der Waals surface area contributed by atoms with Gasteiger partial charge in [-0.25, -0.2) is 0 Å². The van der Waals surface area contributed by atoms with Crippen LogP contribution in [0.1, 0.15) is 27.0 Å². The van der Waals surface area contributed by atoms with Crippen molar-refractivity contribution >= 4 is 17.5 Å². The number of nitrogens with one attached hydrogen (secondary N) is 2. The molecule has 29 heavy (non-hydrogen) atoms. The van der Waals surface area contributed by atoms with Crippen molar-refractivity contribution < 1.29 is 14.3 Å². The van der Waals surface area contributed by atoms with E-state index in [2.05, 4.69) is 15.6 Å². The van der Waals surface area contributed by atoms with Crippen LogP contribution in [0.15, 0.2) is 67.0 Å². The molecule has 0 unspecified atom stereocenters. The molecule has 6 nitrogen and oxygen atoms in total. The molecule has 2 N–H and O–H groups in total. The minimum atomic E-state index is -0.336. The van der Waals surface area contributed by atoms with Gasteiger partial charge in [0.2, 0.25) is 0 Å². The number of hydrogen-bond acceptors (Lipinski definition) is 4. The molecule has 3 aromatic rings. The molecule has 0 saturated heterocycles. The zero-order valence-electron chi connectivity index (χ0n) is 16.4. The van der Waals surface area contributed by atoms with Crippen LogP contribution in [0.2, 0.25) is 0 Å². The van der Waals surface area contributed by atoms with Crippen LogP contribution in [0.3, 0.4) is 0 Å². The van der Waals surface area contributed by atoms with Crippen LogP contribution in [0.4, 0.5) is 5.69 Å². The Hall–Kier alpha value is -3.67. The molecule has 6 heteroatoms. The first-order valence-electron chi connectivity index (χ1n) is 9.28. The van der Waals surface area contributed by atoms with Crippen LogP contribution < -0.4 is 15.4 Å². The third kappa shape index (κ3) is 5.90. The van der Waals surface area contributed by atoms with Crippen molar-refractivity contribution in [2.75, 3.05) is 11.9 Å². The summed E-state index contributed by atoms with van der Waals surface area (Å²) in [7, 11) is 0. The Kier molecular flexibility index (Phi) is 6.58. The average molecular weight is 389 g/mol. The van der Waals surface area contributed by atoms with Gasteiger partial charge in [0.15, 0.2) is 6.61 Å². The predicted octanol–water partition coefficient (Wildman–Crippen LogP) is 3.65. The highest BCUT2D eigenvalue weighted by Gasteiger charge is 2.13. The lowest BCUT2D eigenvalue weighted by atomic mass is 10.1. The summed E-state index contributed by atoms with van der Waals surface area (Å²) in [5.41, 5.74) is 3.85. The number of ether oxygens (including phenoxy) is 1. The third-order valence-corrected chi connectivity index (χ3v) is 4.19. The van der Waals surface area contributed by atoms with Crippen molar-refractivity contribution in [3.8, 4) is 5.75 Å². The molecule has 0 bridgehead atoms. The van der Waals surface area contributed by atoms with Crippen molar-refractivity contribution in [2.45, 2.75) is 20.4 Å². The van der Waals surface area contributed by atoms with E-state index in [4.69, 9.17) is 4.74 Å². The van der Waals surface area contributed by atoms with Crippen LogP contribution in [0.25, 0.3) is 0 Å². The molecule has 148 valence electrons. The molecule has 1 heterocycles. The maximum Gasteiger partial charge on any atom is 0.262 e. The first-order chi connectivity index (χ1) is 14.0. The van der Waals surface area contributed by atoms with E-state index in [0.717, 1.165) is 16.7 Å². The largest absolute Gasteiger partial charge is 0.484 e. The second-order valence-electron chi connectivity index (χ2n) is 6.75. The van der Waals surface area contributed by atoms with Crippen LogP contribution in [0.5, 0.6) is 5.75 Å². The zero-order chi connectivity index (χ0) is 20.6. The van der Waals surface area contributed by atoms with E-state index in [-0.39, 0.29) is 18.4 Å². The Morgan fingerprint density at radius 1 is 1.00 bits per heavy atom. The lowest BCUT2D eigenvalue weighted by molar-refractivity contribution is -0.118. The molecular weight excluding hydrogens is 366 g/mol. The van der Waals surface area contributed by atoms with Gasteiger partial charge in [0.05, 0.1) is 11.3 Å². The Bertz CT molecular complexity index is 983. The van der Waals surface area contributed by atoms with Crippen LogP contribution in [-0.2, 0) is 11.3 Å². The van der Waals surface area contributed by atoms with E-state index >= 15 is 0 Å². The van der Waals surface area contributed by atoms with Gasteiger partial charge in [-0.05, 0) is 60.9 Å². The molecular formula is C23H23N3O3. The van der Waals surface area contributed by atoms with Crippen LogP contribution >= 0.6 is 0 Å². The topological polar surface area (TPSA) is 80.3 Å². The number of anilines is 1. The van der Waals surface area contributed by atoms with Crippen molar-refractivity contribution in [1.29, 1.82) is 0 Å². The summed E-state index contributed by atoms with van der Waals surface area (Å²) in [4.78, 5) is 28.9. The van der Waals surface area contributed by atoms with Gasteiger partial charge < -0.3 is 15.4 Å². The summed E-state index contributed by atoms with van der Waals surface area (Å²) in [5, 5.41) is 5.59. The standard InChI is InChI=1S/C23H23N3O3/c1-16-10-17(2)12-19(11-16)29-15-22(27)26-21-8-4-3-7-20(21)23(28)25-14-18-6-5-9-24-13-18/h3-13H,14-15H2,1-2H3,(H,25,28)(H,26,27). The highest BCUT2D eigenvalue weighted by Crippen LogP contribution is 2.17. The Morgan fingerprint density at radius 2 is 1.76 bits per heavy atom. The van der Waals surface area contributed by atoms with Gasteiger partial charge in [-0.2, -0.15) is 0 Å². The Morgan fingerprint density at radius 3 is 2.48 bits per heavy atom. The van der Waals surface area contributed by atoms with Crippen LogP contribution in [0, 0.1) is 13.8 Å². The van der Waals surface area contributed by atoms with Gasteiger partial charge in [0.1, 0.15) is 5.75 Å². The molecule has 0 aliphatic rings. The van der Waals surface area contributed by atoms with E-state index in [0.29, 0.717) is 23.5 Å². The monoisotopic (exact) mass is 389 g/mol. The molecule has 2 aromatic carbocycles. The molecule has 1 aromatic heterocycles. The van der Waals surface area contributed by atoms with Gasteiger partial charge >= 0.3 is 0 Å². The summed E-state index contributed by atoms with van der Waals surface area (Å²) in [6.07, 6.45) is 3.37.